The van der Waals surface area contributed by atoms with Crippen molar-refractivity contribution in [2.75, 3.05) is 32.8 Å². The molecule has 1 aromatic carbocycles. The van der Waals surface area contributed by atoms with Gasteiger partial charge >= 0.3 is 6.18 Å². The monoisotopic (exact) mass is 535 g/mol. The van der Waals surface area contributed by atoms with E-state index >= 15 is 0 Å². The molecule has 3 fully saturated rings. The molecule has 2 aromatic rings. The van der Waals surface area contributed by atoms with Crippen molar-refractivity contribution in [2.45, 2.75) is 70.3 Å². The third kappa shape index (κ3) is 5.70. The lowest BCUT2D eigenvalue weighted by molar-refractivity contribution is -0.256. The normalized spacial score (nSPS) is 23.8. The highest BCUT2D eigenvalue weighted by Crippen LogP contribution is 2.53. The van der Waals surface area contributed by atoms with Crippen LogP contribution in [0.1, 0.15) is 63.7 Å². The molecule has 38 heavy (non-hydrogen) atoms. The van der Waals surface area contributed by atoms with Gasteiger partial charge in [0.1, 0.15) is 17.8 Å². The van der Waals surface area contributed by atoms with Crippen LogP contribution in [0.5, 0.6) is 5.75 Å². The second-order valence-electron chi connectivity index (χ2n) is 11.4. The van der Waals surface area contributed by atoms with Gasteiger partial charge in [-0.1, -0.05) is 18.6 Å². The Hall–Kier alpha value is -2.23. The van der Waals surface area contributed by atoms with E-state index in [4.69, 9.17) is 4.74 Å². The SMILES string of the molecule is C[C@H]1CCCN1C(O)c1ccc(-c2ccc(OCC3CCN(CC4(C(F)(F)F)CCC4)CC3)cn2)cc1F. The Morgan fingerprint density at radius 1 is 1.08 bits per heavy atom. The summed E-state index contributed by atoms with van der Waals surface area (Å²) in [6.45, 7) is 4.74. The number of hydrogen-bond donors (Lipinski definition) is 1. The zero-order valence-corrected chi connectivity index (χ0v) is 21.9. The maximum Gasteiger partial charge on any atom is 0.395 e. The van der Waals surface area contributed by atoms with E-state index in [-0.39, 0.29) is 31.0 Å². The first-order valence-corrected chi connectivity index (χ1v) is 13.8. The van der Waals surface area contributed by atoms with Gasteiger partial charge in [-0.25, -0.2) is 4.39 Å². The summed E-state index contributed by atoms with van der Waals surface area (Å²) in [4.78, 5) is 8.31. The van der Waals surface area contributed by atoms with Crippen LogP contribution < -0.4 is 4.74 Å². The first kappa shape index (κ1) is 27.3. The lowest BCUT2D eigenvalue weighted by atomic mass is 9.67. The molecule has 2 saturated heterocycles. The van der Waals surface area contributed by atoms with E-state index in [1.807, 2.05) is 16.7 Å². The molecule has 9 heteroatoms. The number of rotatable bonds is 8. The van der Waals surface area contributed by atoms with Crippen molar-refractivity contribution < 1.29 is 27.4 Å². The highest BCUT2D eigenvalue weighted by molar-refractivity contribution is 5.60. The number of piperidine rings is 1. The zero-order valence-electron chi connectivity index (χ0n) is 21.9. The molecule has 1 aliphatic carbocycles. The van der Waals surface area contributed by atoms with Gasteiger partial charge in [0.25, 0.3) is 0 Å². The summed E-state index contributed by atoms with van der Waals surface area (Å²) in [7, 11) is 0. The standard InChI is InChI=1S/C29H37F4N3O2/c1-20-4-2-13-36(20)27(37)24-7-5-22(16-25(24)30)26-8-6-23(17-34-26)38-18-21-9-14-35(15-10-21)19-28(11-3-12-28)29(31,32)33/h5-8,16-17,20-21,27,37H,2-4,9-15,18-19H2,1H3/t20-,27?/m0/s1. The molecule has 0 amide bonds. The van der Waals surface area contributed by atoms with E-state index < -0.39 is 23.6 Å². The quantitative estimate of drug-likeness (QED) is 0.409. The summed E-state index contributed by atoms with van der Waals surface area (Å²) in [6.07, 6.45) is 1.32. The second-order valence-corrected chi connectivity index (χ2v) is 11.4. The van der Waals surface area contributed by atoms with Crippen LogP contribution in [0.15, 0.2) is 36.5 Å². The molecule has 5 rings (SSSR count). The van der Waals surface area contributed by atoms with Gasteiger partial charge in [-0.3, -0.25) is 9.88 Å². The van der Waals surface area contributed by atoms with Crippen LogP contribution in [0, 0.1) is 17.2 Å². The minimum absolute atomic E-state index is 0.118. The molecule has 2 aliphatic heterocycles. The van der Waals surface area contributed by atoms with E-state index in [1.165, 1.54) is 6.07 Å². The average Bonchev–Trinajstić information content (AvgIpc) is 3.30. The summed E-state index contributed by atoms with van der Waals surface area (Å²) < 4.78 is 61.3. The number of halogens is 4. The molecule has 0 radical (unpaired) electrons. The van der Waals surface area contributed by atoms with Gasteiger partial charge in [-0.15, -0.1) is 0 Å². The fraction of sp³-hybridized carbons (Fsp3) is 0.621. The van der Waals surface area contributed by atoms with Gasteiger partial charge in [-0.2, -0.15) is 13.2 Å². The summed E-state index contributed by atoms with van der Waals surface area (Å²) in [5.41, 5.74) is -0.00128. The third-order valence-electron chi connectivity index (χ3n) is 8.86. The van der Waals surface area contributed by atoms with Crippen LogP contribution in [0.2, 0.25) is 0 Å². The number of aromatic nitrogens is 1. The Kier molecular flexibility index (Phi) is 7.99. The van der Waals surface area contributed by atoms with Crippen molar-refractivity contribution >= 4 is 0 Å². The number of benzene rings is 1. The second kappa shape index (κ2) is 11.1. The van der Waals surface area contributed by atoms with Crippen molar-refractivity contribution in [3.63, 3.8) is 0 Å². The summed E-state index contributed by atoms with van der Waals surface area (Å²) in [5.74, 6) is 0.443. The number of alkyl halides is 3. The van der Waals surface area contributed by atoms with Gasteiger partial charge in [-0.05, 0) is 82.7 Å². The lowest BCUT2D eigenvalue weighted by Crippen LogP contribution is -2.53. The first-order chi connectivity index (χ1) is 18.1. The number of aliphatic hydroxyl groups excluding tert-OH is 1. The smallest absolute Gasteiger partial charge is 0.395 e. The Balaban J connectivity index is 1.11. The summed E-state index contributed by atoms with van der Waals surface area (Å²) >= 11 is 0. The summed E-state index contributed by atoms with van der Waals surface area (Å²) in [6, 6.07) is 8.60. The van der Waals surface area contributed by atoms with Crippen LogP contribution >= 0.6 is 0 Å². The van der Waals surface area contributed by atoms with Gasteiger partial charge < -0.3 is 14.7 Å². The number of hydrogen-bond acceptors (Lipinski definition) is 5. The van der Waals surface area contributed by atoms with Crippen LogP contribution in [0.25, 0.3) is 11.3 Å². The molecule has 0 spiro atoms. The minimum Gasteiger partial charge on any atom is -0.492 e. The Morgan fingerprint density at radius 3 is 2.39 bits per heavy atom. The lowest BCUT2D eigenvalue weighted by Gasteiger charge is -2.47. The molecule has 1 aromatic heterocycles. The Bertz CT molecular complexity index is 1080. The topological polar surface area (TPSA) is 48.8 Å². The third-order valence-corrected chi connectivity index (χ3v) is 8.86. The molecule has 1 N–H and O–H groups in total. The molecule has 3 heterocycles. The zero-order chi connectivity index (χ0) is 26.9. The predicted octanol–water partition coefficient (Wildman–Crippen LogP) is 6.19. The van der Waals surface area contributed by atoms with Crippen molar-refractivity contribution in [3.8, 4) is 17.0 Å². The van der Waals surface area contributed by atoms with Crippen LogP contribution in [0.3, 0.4) is 0 Å². The average molecular weight is 536 g/mol. The first-order valence-electron chi connectivity index (χ1n) is 13.8. The number of nitrogens with zero attached hydrogens (tertiary/aromatic N) is 3. The molecule has 2 atom stereocenters. The molecule has 208 valence electrons. The number of likely N-dealkylation sites (tertiary alicyclic amines) is 2. The van der Waals surface area contributed by atoms with E-state index in [2.05, 4.69) is 4.98 Å². The number of ether oxygens (including phenoxy) is 1. The van der Waals surface area contributed by atoms with Gasteiger partial charge in [0.2, 0.25) is 0 Å². The van der Waals surface area contributed by atoms with Crippen molar-refractivity contribution in [2.24, 2.45) is 11.3 Å². The van der Waals surface area contributed by atoms with Gasteiger partial charge in [0.15, 0.2) is 0 Å². The van der Waals surface area contributed by atoms with Crippen LogP contribution in [-0.2, 0) is 0 Å². The van der Waals surface area contributed by atoms with Gasteiger partial charge in [0.05, 0.1) is 23.9 Å². The summed E-state index contributed by atoms with van der Waals surface area (Å²) in [5, 5.41) is 10.7. The molecular formula is C29H37F4N3O2. The van der Waals surface area contributed by atoms with E-state index in [9.17, 15) is 22.7 Å². The molecule has 5 nitrogen and oxygen atoms in total. The minimum atomic E-state index is -4.12. The maximum atomic E-state index is 14.9. The highest BCUT2D eigenvalue weighted by atomic mass is 19.4. The van der Waals surface area contributed by atoms with Crippen molar-refractivity contribution in [1.29, 1.82) is 0 Å². The Labute approximate surface area is 221 Å². The number of aliphatic hydroxyl groups is 1. The molecule has 0 bridgehead atoms. The van der Waals surface area contributed by atoms with Crippen molar-refractivity contribution in [3.05, 3.63) is 47.9 Å². The van der Waals surface area contributed by atoms with Crippen molar-refractivity contribution in [1.82, 2.24) is 14.8 Å². The largest absolute Gasteiger partial charge is 0.492 e. The fourth-order valence-electron chi connectivity index (χ4n) is 6.12. The molecule has 1 unspecified atom stereocenters. The van der Waals surface area contributed by atoms with E-state index in [0.717, 1.165) is 32.2 Å². The van der Waals surface area contributed by atoms with Gasteiger partial charge in [0, 0.05) is 30.3 Å². The molecular weight excluding hydrogens is 498 g/mol. The Morgan fingerprint density at radius 2 is 1.84 bits per heavy atom. The fourth-order valence-corrected chi connectivity index (χ4v) is 6.12. The van der Waals surface area contributed by atoms with E-state index in [1.54, 1.807) is 30.5 Å². The van der Waals surface area contributed by atoms with Crippen LogP contribution in [-0.4, -0.2) is 64.9 Å². The highest BCUT2D eigenvalue weighted by Gasteiger charge is 2.58. The predicted molar refractivity (Wildman–Crippen MR) is 137 cm³/mol. The number of pyridine rings is 1. The van der Waals surface area contributed by atoms with Crippen LogP contribution in [0.4, 0.5) is 17.6 Å². The van der Waals surface area contributed by atoms with E-state index in [0.29, 0.717) is 49.0 Å². The maximum absolute atomic E-state index is 14.9. The molecule has 3 aliphatic rings. The molecule has 1 saturated carbocycles.